The summed E-state index contributed by atoms with van der Waals surface area (Å²) in [5.74, 6) is -0.149. The van der Waals surface area contributed by atoms with E-state index in [9.17, 15) is 4.79 Å². The average molecular weight is 220 g/mol. The zero-order valence-corrected chi connectivity index (χ0v) is 10.2. The average Bonchev–Trinajstić information content (AvgIpc) is 2.26. The molecule has 0 aliphatic carbocycles. The maximum atomic E-state index is 11.7. The first-order valence-electron chi connectivity index (χ1n) is 5.66. The Balaban J connectivity index is 3.00. The highest BCUT2D eigenvalue weighted by Gasteiger charge is 2.37. The molecule has 0 bridgehead atoms. The summed E-state index contributed by atoms with van der Waals surface area (Å²) in [6.07, 6.45) is 0.675. The Labute approximate surface area is 97.0 Å². The number of carbonyl (C=O) groups excluding carboxylic acids is 1. The van der Waals surface area contributed by atoms with E-state index in [1.807, 2.05) is 51.1 Å². The van der Waals surface area contributed by atoms with Crippen molar-refractivity contribution in [2.24, 2.45) is 11.7 Å². The van der Waals surface area contributed by atoms with E-state index < -0.39 is 5.54 Å². The summed E-state index contributed by atoms with van der Waals surface area (Å²) in [5.41, 5.74) is 5.79. The van der Waals surface area contributed by atoms with Crippen LogP contribution in [0.25, 0.3) is 0 Å². The second-order valence-electron chi connectivity index (χ2n) is 4.33. The van der Waals surface area contributed by atoms with Gasteiger partial charge in [-0.05, 0) is 24.5 Å². The standard InChI is InChI=1S/C13H20N2O/c1-4-13(10(2)3,12(14)16)15-11-8-6-5-7-9-11/h5-10,15H,4H2,1-3H3,(H2,14,16). The van der Waals surface area contributed by atoms with Crippen LogP contribution in [0.2, 0.25) is 0 Å². The minimum absolute atomic E-state index is 0.148. The topological polar surface area (TPSA) is 55.1 Å². The molecule has 0 aliphatic heterocycles. The first-order chi connectivity index (χ1) is 7.53. The van der Waals surface area contributed by atoms with E-state index >= 15 is 0 Å². The maximum Gasteiger partial charge on any atom is 0.243 e. The van der Waals surface area contributed by atoms with Crippen LogP contribution in [0.15, 0.2) is 30.3 Å². The first kappa shape index (κ1) is 12.6. The second-order valence-corrected chi connectivity index (χ2v) is 4.33. The van der Waals surface area contributed by atoms with Gasteiger partial charge in [0, 0.05) is 5.69 Å². The summed E-state index contributed by atoms with van der Waals surface area (Å²) in [5, 5.41) is 3.27. The lowest BCUT2D eigenvalue weighted by Crippen LogP contribution is -2.54. The summed E-state index contributed by atoms with van der Waals surface area (Å²) >= 11 is 0. The van der Waals surface area contributed by atoms with Gasteiger partial charge in [0.2, 0.25) is 5.91 Å². The summed E-state index contributed by atoms with van der Waals surface area (Å²) in [6.45, 7) is 5.98. The quantitative estimate of drug-likeness (QED) is 0.800. The van der Waals surface area contributed by atoms with Crippen LogP contribution in [-0.2, 0) is 4.79 Å². The molecule has 0 saturated carbocycles. The van der Waals surface area contributed by atoms with Gasteiger partial charge in [0.1, 0.15) is 5.54 Å². The third kappa shape index (κ3) is 2.35. The molecule has 0 fully saturated rings. The van der Waals surface area contributed by atoms with Crippen LogP contribution in [0.1, 0.15) is 27.2 Å². The number of hydrogen-bond donors (Lipinski definition) is 2. The molecule has 3 N–H and O–H groups in total. The number of carbonyl (C=O) groups is 1. The van der Waals surface area contributed by atoms with E-state index in [0.29, 0.717) is 6.42 Å². The molecular formula is C13H20N2O. The molecule has 16 heavy (non-hydrogen) atoms. The minimum Gasteiger partial charge on any atom is -0.371 e. The zero-order valence-electron chi connectivity index (χ0n) is 10.2. The van der Waals surface area contributed by atoms with Gasteiger partial charge in [0.15, 0.2) is 0 Å². The number of hydrogen-bond acceptors (Lipinski definition) is 2. The predicted octanol–water partition coefficient (Wildman–Crippen LogP) is 2.39. The highest BCUT2D eigenvalue weighted by atomic mass is 16.1. The lowest BCUT2D eigenvalue weighted by Gasteiger charge is -2.35. The molecule has 1 atom stereocenters. The van der Waals surface area contributed by atoms with Gasteiger partial charge >= 0.3 is 0 Å². The molecule has 88 valence electrons. The molecule has 3 heteroatoms. The van der Waals surface area contributed by atoms with Crippen LogP contribution in [0, 0.1) is 5.92 Å². The number of nitrogens with two attached hydrogens (primary N) is 1. The fourth-order valence-electron chi connectivity index (χ4n) is 1.94. The number of amides is 1. The van der Waals surface area contributed by atoms with Crippen molar-refractivity contribution in [1.29, 1.82) is 0 Å². The highest BCUT2D eigenvalue weighted by molar-refractivity contribution is 5.88. The van der Waals surface area contributed by atoms with Gasteiger partial charge in [-0.2, -0.15) is 0 Å². The van der Waals surface area contributed by atoms with Crippen molar-refractivity contribution in [1.82, 2.24) is 0 Å². The molecule has 0 heterocycles. The van der Waals surface area contributed by atoms with Crippen LogP contribution >= 0.6 is 0 Å². The maximum absolute atomic E-state index is 11.7. The lowest BCUT2D eigenvalue weighted by atomic mass is 9.83. The van der Waals surface area contributed by atoms with Crippen LogP contribution in [0.3, 0.4) is 0 Å². The molecule has 1 rings (SSSR count). The number of nitrogens with one attached hydrogen (secondary N) is 1. The first-order valence-corrected chi connectivity index (χ1v) is 5.66. The van der Waals surface area contributed by atoms with E-state index in [0.717, 1.165) is 5.69 Å². The fraction of sp³-hybridized carbons (Fsp3) is 0.462. The van der Waals surface area contributed by atoms with Crippen LogP contribution in [0.5, 0.6) is 0 Å². The van der Waals surface area contributed by atoms with Crippen LogP contribution in [-0.4, -0.2) is 11.4 Å². The van der Waals surface area contributed by atoms with Crippen molar-refractivity contribution in [3.05, 3.63) is 30.3 Å². The smallest absolute Gasteiger partial charge is 0.243 e. The molecule has 3 nitrogen and oxygen atoms in total. The van der Waals surface area contributed by atoms with Crippen molar-refractivity contribution in [3.63, 3.8) is 0 Å². The van der Waals surface area contributed by atoms with Gasteiger partial charge in [-0.1, -0.05) is 39.0 Å². The second kappa shape index (κ2) is 5.01. The van der Waals surface area contributed by atoms with E-state index in [1.54, 1.807) is 0 Å². The normalized spacial score (nSPS) is 14.5. The third-order valence-electron chi connectivity index (χ3n) is 3.12. The number of para-hydroxylation sites is 1. The molecule has 0 aliphatic rings. The van der Waals surface area contributed by atoms with Crippen molar-refractivity contribution in [2.45, 2.75) is 32.7 Å². The van der Waals surface area contributed by atoms with Crippen LogP contribution in [0.4, 0.5) is 5.69 Å². The van der Waals surface area contributed by atoms with Gasteiger partial charge < -0.3 is 11.1 Å². The summed E-state index contributed by atoms with van der Waals surface area (Å²) in [7, 11) is 0. The summed E-state index contributed by atoms with van der Waals surface area (Å²) in [4.78, 5) is 11.7. The highest BCUT2D eigenvalue weighted by Crippen LogP contribution is 2.26. The number of primary amides is 1. The zero-order chi connectivity index (χ0) is 12.2. The number of benzene rings is 1. The molecule has 1 unspecified atom stereocenters. The number of anilines is 1. The van der Waals surface area contributed by atoms with E-state index in [4.69, 9.17) is 5.73 Å². The lowest BCUT2D eigenvalue weighted by molar-refractivity contribution is -0.123. The van der Waals surface area contributed by atoms with Gasteiger partial charge in [-0.15, -0.1) is 0 Å². The molecular weight excluding hydrogens is 200 g/mol. The SMILES string of the molecule is CCC(Nc1ccccc1)(C(N)=O)C(C)C. The Morgan fingerprint density at radius 1 is 1.38 bits per heavy atom. The largest absolute Gasteiger partial charge is 0.371 e. The third-order valence-corrected chi connectivity index (χ3v) is 3.12. The van der Waals surface area contributed by atoms with Gasteiger partial charge in [0.05, 0.1) is 0 Å². The Morgan fingerprint density at radius 2 is 1.94 bits per heavy atom. The van der Waals surface area contributed by atoms with Gasteiger partial charge in [-0.3, -0.25) is 4.79 Å². The van der Waals surface area contributed by atoms with Crippen molar-refractivity contribution < 1.29 is 4.79 Å². The molecule has 1 amide bonds. The Kier molecular flexibility index (Phi) is 3.93. The Bertz CT molecular complexity index is 348. The van der Waals surface area contributed by atoms with E-state index in [2.05, 4.69) is 5.32 Å². The minimum atomic E-state index is -0.665. The summed E-state index contributed by atoms with van der Waals surface area (Å²) < 4.78 is 0. The Morgan fingerprint density at radius 3 is 2.31 bits per heavy atom. The fourth-order valence-corrected chi connectivity index (χ4v) is 1.94. The Hall–Kier alpha value is -1.51. The van der Waals surface area contributed by atoms with E-state index in [-0.39, 0.29) is 11.8 Å². The summed E-state index contributed by atoms with van der Waals surface area (Å²) in [6, 6.07) is 9.69. The molecule has 0 radical (unpaired) electrons. The monoisotopic (exact) mass is 220 g/mol. The molecule has 0 spiro atoms. The van der Waals surface area contributed by atoms with Crippen molar-refractivity contribution >= 4 is 11.6 Å². The van der Waals surface area contributed by atoms with Crippen molar-refractivity contribution in [2.75, 3.05) is 5.32 Å². The predicted molar refractivity (Wildman–Crippen MR) is 67.1 cm³/mol. The molecule has 1 aromatic rings. The van der Waals surface area contributed by atoms with Crippen LogP contribution < -0.4 is 11.1 Å². The number of rotatable bonds is 5. The molecule has 1 aromatic carbocycles. The van der Waals surface area contributed by atoms with E-state index in [1.165, 1.54) is 0 Å². The molecule has 0 aromatic heterocycles. The van der Waals surface area contributed by atoms with Gasteiger partial charge in [-0.25, -0.2) is 0 Å². The molecule has 0 saturated heterocycles. The van der Waals surface area contributed by atoms with Gasteiger partial charge in [0.25, 0.3) is 0 Å². The van der Waals surface area contributed by atoms with Crippen molar-refractivity contribution in [3.8, 4) is 0 Å².